The molecule has 1 aliphatic rings. The van der Waals surface area contributed by atoms with Crippen LogP contribution in [0.15, 0.2) is 0 Å². The Morgan fingerprint density at radius 3 is 1.83 bits per heavy atom. The smallest absolute Gasteiger partial charge is 0.0226 e. The highest BCUT2D eigenvalue weighted by Crippen LogP contribution is 2.24. The zero-order valence-electron chi connectivity index (χ0n) is 8.03. The van der Waals surface area contributed by atoms with Gasteiger partial charge in [-0.3, -0.25) is 0 Å². The van der Waals surface area contributed by atoms with Crippen LogP contribution < -0.4 is 0 Å². The van der Waals surface area contributed by atoms with Crippen LogP contribution >= 0.6 is 11.6 Å². The minimum absolute atomic E-state index is 0.866. The minimum Gasteiger partial charge on any atom is -0.127 e. The fourth-order valence-corrected chi connectivity index (χ4v) is 2.47. The third-order valence-electron chi connectivity index (χ3n) is 2.99. The molecule has 0 N–H and O–H groups in total. The molecule has 0 aromatic heterocycles. The van der Waals surface area contributed by atoms with Gasteiger partial charge in [0, 0.05) is 5.88 Å². The molecule has 1 heteroatoms. The molecule has 0 heterocycles. The summed E-state index contributed by atoms with van der Waals surface area (Å²) in [5, 5.41) is 0. The Morgan fingerprint density at radius 1 is 0.833 bits per heavy atom. The molecule has 0 nitrogen and oxygen atoms in total. The summed E-state index contributed by atoms with van der Waals surface area (Å²) >= 11 is 5.77. The maximum Gasteiger partial charge on any atom is 0.0226 e. The zero-order valence-corrected chi connectivity index (χ0v) is 8.78. The molecule has 0 aromatic rings. The Morgan fingerprint density at radius 2 is 1.33 bits per heavy atom. The van der Waals surface area contributed by atoms with Crippen LogP contribution in [0.1, 0.15) is 57.8 Å². The summed E-state index contributed by atoms with van der Waals surface area (Å²) in [7, 11) is 0. The van der Waals surface area contributed by atoms with Crippen LogP contribution in [0.25, 0.3) is 0 Å². The molecule has 0 amide bonds. The van der Waals surface area contributed by atoms with Gasteiger partial charge in [0.2, 0.25) is 0 Å². The van der Waals surface area contributed by atoms with Crippen molar-refractivity contribution in [3.05, 3.63) is 0 Å². The van der Waals surface area contributed by atoms with Crippen LogP contribution in [0.5, 0.6) is 0 Å². The summed E-state index contributed by atoms with van der Waals surface area (Å²) in [6.07, 6.45) is 12.9. The van der Waals surface area contributed by atoms with Crippen molar-refractivity contribution in [1.29, 1.82) is 0 Å². The van der Waals surface area contributed by atoms with E-state index in [0.29, 0.717) is 0 Å². The van der Waals surface area contributed by atoms with Gasteiger partial charge in [0.15, 0.2) is 0 Å². The lowest BCUT2D eigenvalue weighted by Crippen LogP contribution is -2.00. The van der Waals surface area contributed by atoms with Crippen LogP contribution in [-0.4, -0.2) is 5.88 Å². The van der Waals surface area contributed by atoms with E-state index in [1.165, 1.54) is 57.8 Å². The van der Waals surface area contributed by atoms with Crippen molar-refractivity contribution < 1.29 is 0 Å². The number of rotatable bonds is 2. The quantitative estimate of drug-likeness (QED) is 0.565. The molecule has 0 bridgehead atoms. The Kier molecular flexibility index (Phi) is 5.85. The molecule has 12 heavy (non-hydrogen) atoms. The molecule has 1 fully saturated rings. The second-order valence-corrected chi connectivity index (χ2v) is 4.42. The van der Waals surface area contributed by atoms with E-state index in [-0.39, 0.29) is 0 Å². The number of halogens is 1. The van der Waals surface area contributed by atoms with Crippen molar-refractivity contribution in [3.8, 4) is 0 Å². The van der Waals surface area contributed by atoms with Crippen LogP contribution in [0.4, 0.5) is 0 Å². The van der Waals surface area contributed by atoms with E-state index in [4.69, 9.17) is 11.6 Å². The monoisotopic (exact) mass is 188 g/mol. The molecule has 1 aliphatic carbocycles. The minimum atomic E-state index is 0.866. The fourth-order valence-electron chi connectivity index (χ4n) is 2.16. The van der Waals surface area contributed by atoms with E-state index in [9.17, 15) is 0 Å². The van der Waals surface area contributed by atoms with Gasteiger partial charge in [-0.2, -0.15) is 0 Å². The van der Waals surface area contributed by atoms with Crippen molar-refractivity contribution in [3.63, 3.8) is 0 Å². The first-order valence-electron chi connectivity index (χ1n) is 5.49. The van der Waals surface area contributed by atoms with Crippen LogP contribution in [-0.2, 0) is 0 Å². The lowest BCUT2D eigenvalue weighted by atomic mass is 9.95. The van der Waals surface area contributed by atoms with E-state index in [0.717, 1.165) is 11.8 Å². The summed E-state index contributed by atoms with van der Waals surface area (Å²) in [4.78, 5) is 0. The van der Waals surface area contributed by atoms with Crippen molar-refractivity contribution in [2.75, 3.05) is 5.88 Å². The van der Waals surface area contributed by atoms with E-state index in [1.54, 1.807) is 0 Å². The summed E-state index contributed by atoms with van der Waals surface area (Å²) in [5.74, 6) is 1.81. The third-order valence-corrected chi connectivity index (χ3v) is 3.21. The van der Waals surface area contributed by atoms with Gasteiger partial charge in [-0.1, -0.05) is 51.4 Å². The fraction of sp³-hybridized carbons (Fsp3) is 1.00. The van der Waals surface area contributed by atoms with Gasteiger partial charge in [-0.05, 0) is 12.3 Å². The molecule has 0 radical (unpaired) electrons. The highest BCUT2D eigenvalue weighted by molar-refractivity contribution is 6.17. The zero-order chi connectivity index (χ0) is 8.65. The lowest BCUT2D eigenvalue weighted by Gasteiger charge is -2.13. The van der Waals surface area contributed by atoms with Crippen molar-refractivity contribution in [2.45, 2.75) is 57.8 Å². The molecule has 0 aromatic carbocycles. The molecule has 72 valence electrons. The molecular weight excluding hydrogens is 168 g/mol. The predicted octanol–water partition coefficient (Wildman–Crippen LogP) is 4.37. The Balaban J connectivity index is 2.19. The normalized spacial score (nSPS) is 22.8. The van der Waals surface area contributed by atoms with Gasteiger partial charge in [0.25, 0.3) is 0 Å². The van der Waals surface area contributed by atoms with Gasteiger partial charge in [0.1, 0.15) is 0 Å². The van der Waals surface area contributed by atoms with Gasteiger partial charge < -0.3 is 0 Å². The van der Waals surface area contributed by atoms with E-state index in [1.807, 2.05) is 0 Å². The van der Waals surface area contributed by atoms with E-state index >= 15 is 0 Å². The van der Waals surface area contributed by atoms with Crippen LogP contribution in [0.3, 0.4) is 0 Å². The summed E-state index contributed by atoms with van der Waals surface area (Å²) in [6.45, 7) is 0. The molecule has 0 atom stereocenters. The Hall–Kier alpha value is 0.290. The van der Waals surface area contributed by atoms with E-state index < -0.39 is 0 Å². The molecule has 0 aliphatic heterocycles. The lowest BCUT2D eigenvalue weighted by molar-refractivity contribution is 0.417. The number of hydrogen-bond acceptors (Lipinski definition) is 0. The van der Waals surface area contributed by atoms with Crippen molar-refractivity contribution in [1.82, 2.24) is 0 Å². The SMILES string of the molecule is ClCCC1CCCCCCCC1. The largest absolute Gasteiger partial charge is 0.127 e. The maximum absolute atomic E-state index is 5.77. The molecule has 1 saturated carbocycles. The van der Waals surface area contributed by atoms with Gasteiger partial charge in [0.05, 0.1) is 0 Å². The Labute approximate surface area is 81.7 Å². The second-order valence-electron chi connectivity index (χ2n) is 4.04. The standard InChI is InChI=1S/C11H21Cl/c12-10-9-11-7-5-3-1-2-4-6-8-11/h11H,1-10H2. The second kappa shape index (κ2) is 6.77. The average Bonchev–Trinajstić information content (AvgIpc) is 2.19. The average molecular weight is 189 g/mol. The molecule has 0 unspecified atom stereocenters. The maximum atomic E-state index is 5.77. The highest BCUT2D eigenvalue weighted by atomic mass is 35.5. The number of hydrogen-bond donors (Lipinski definition) is 0. The van der Waals surface area contributed by atoms with Gasteiger partial charge in [-0.25, -0.2) is 0 Å². The molecular formula is C11H21Cl. The molecule has 1 rings (SSSR count). The van der Waals surface area contributed by atoms with Crippen molar-refractivity contribution in [2.24, 2.45) is 5.92 Å². The summed E-state index contributed by atoms with van der Waals surface area (Å²) in [5.41, 5.74) is 0. The van der Waals surface area contributed by atoms with Gasteiger partial charge in [-0.15, -0.1) is 11.6 Å². The topological polar surface area (TPSA) is 0 Å². The Bertz CT molecular complexity index is 91.2. The van der Waals surface area contributed by atoms with Gasteiger partial charge >= 0.3 is 0 Å². The summed E-state index contributed by atoms with van der Waals surface area (Å²) in [6, 6.07) is 0. The highest BCUT2D eigenvalue weighted by Gasteiger charge is 2.09. The predicted molar refractivity (Wildman–Crippen MR) is 55.8 cm³/mol. The molecule has 0 saturated heterocycles. The summed E-state index contributed by atoms with van der Waals surface area (Å²) < 4.78 is 0. The first-order valence-corrected chi connectivity index (χ1v) is 6.03. The van der Waals surface area contributed by atoms with Crippen molar-refractivity contribution >= 4 is 11.6 Å². The first-order chi connectivity index (χ1) is 5.93. The van der Waals surface area contributed by atoms with Crippen LogP contribution in [0.2, 0.25) is 0 Å². The first kappa shape index (κ1) is 10.4. The third kappa shape index (κ3) is 4.35. The van der Waals surface area contributed by atoms with Crippen LogP contribution in [0, 0.1) is 5.92 Å². The van der Waals surface area contributed by atoms with E-state index in [2.05, 4.69) is 0 Å². The number of alkyl halides is 1. The molecule has 0 spiro atoms.